The number of carbonyl (C=O) groups is 2. The SMILES string of the molecule is CCC(C(=O)NC(C)C)N(Cc1cccc(C)c1)C(=O)CSCc1ccc(Cl)c(Cl)c1. The smallest absolute Gasteiger partial charge is 0.243 e. The van der Waals surface area contributed by atoms with Gasteiger partial charge in [0.05, 0.1) is 15.8 Å². The zero-order valence-corrected chi connectivity index (χ0v) is 20.8. The molecule has 0 saturated carbocycles. The van der Waals surface area contributed by atoms with Crippen molar-refractivity contribution in [3.8, 4) is 0 Å². The second-order valence-electron chi connectivity index (χ2n) is 7.84. The predicted octanol–water partition coefficient (Wildman–Crippen LogP) is 5.87. The summed E-state index contributed by atoms with van der Waals surface area (Å²) in [7, 11) is 0. The van der Waals surface area contributed by atoms with Gasteiger partial charge in [-0.25, -0.2) is 0 Å². The topological polar surface area (TPSA) is 49.4 Å². The fourth-order valence-electron chi connectivity index (χ4n) is 3.28. The summed E-state index contributed by atoms with van der Waals surface area (Å²) in [6, 6.07) is 13.0. The van der Waals surface area contributed by atoms with Crippen LogP contribution in [0.5, 0.6) is 0 Å². The zero-order valence-electron chi connectivity index (χ0n) is 18.5. The minimum atomic E-state index is -0.513. The lowest BCUT2D eigenvalue weighted by molar-refractivity contribution is -0.139. The van der Waals surface area contributed by atoms with Crippen molar-refractivity contribution in [3.05, 3.63) is 69.2 Å². The highest BCUT2D eigenvalue weighted by atomic mass is 35.5. The van der Waals surface area contributed by atoms with E-state index in [4.69, 9.17) is 23.2 Å². The maximum Gasteiger partial charge on any atom is 0.243 e. The van der Waals surface area contributed by atoms with E-state index in [2.05, 4.69) is 11.4 Å². The van der Waals surface area contributed by atoms with E-state index in [9.17, 15) is 9.59 Å². The third-order valence-electron chi connectivity index (χ3n) is 4.73. The van der Waals surface area contributed by atoms with Crippen molar-refractivity contribution in [3.63, 3.8) is 0 Å². The lowest BCUT2D eigenvalue weighted by atomic mass is 10.1. The Kier molecular flexibility index (Phi) is 10.2. The molecule has 1 N–H and O–H groups in total. The van der Waals surface area contributed by atoms with Gasteiger partial charge in [-0.05, 0) is 50.5 Å². The van der Waals surface area contributed by atoms with Crippen LogP contribution in [-0.4, -0.2) is 34.6 Å². The van der Waals surface area contributed by atoms with Gasteiger partial charge in [-0.15, -0.1) is 11.8 Å². The minimum Gasteiger partial charge on any atom is -0.352 e. The van der Waals surface area contributed by atoms with E-state index in [0.717, 1.165) is 16.7 Å². The number of benzene rings is 2. The summed E-state index contributed by atoms with van der Waals surface area (Å²) in [5.74, 6) is 0.734. The molecule has 168 valence electrons. The lowest BCUT2D eigenvalue weighted by Crippen LogP contribution is -2.50. The van der Waals surface area contributed by atoms with Crippen LogP contribution in [0.2, 0.25) is 10.0 Å². The van der Waals surface area contributed by atoms with Gasteiger partial charge in [-0.2, -0.15) is 0 Å². The fraction of sp³-hybridized carbons (Fsp3) is 0.417. The lowest BCUT2D eigenvalue weighted by Gasteiger charge is -2.31. The van der Waals surface area contributed by atoms with Gasteiger partial charge in [-0.1, -0.05) is 66.0 Å². The van der Waals surface area contributed by atoms with Gasteiger partial charge < -0.3 is 10.2 Å². The molecule has 0 saturated heterocycles. The summed E-state index contributed by atoms with van der Waals surface area (Å²) in [4.78, 5) is 27.7. The van der Waals surface area contributed by atoms with Gasteiger partial charge in [-0.3, -0.25) is 9.59 Å². The van der Waals surface area contributed by atoms with Gasteiger partial charge in [0.2, 0.25) is 11.8 Å². The van der Waals surface area contributed by atoms with Gasteiger partial charge in [0.25, 0.3) is 0 Å². The molecule has 0 radical (unpaired) electrons. The maximum atomic E-state index is 13.2. The quantitative estimate of drug-likeness (QED) is 0.462. The molecule has 4 nitrogen and oxygen atoms in total. The molecule has 0 fully saturated rings. The minimum absolute atomic E-state index is 0.0153. The van der Waals surface area contributed by atoms with Crippen LogP contribution in [0.15, 0.2) is 42.5 Å². The second kappa shape index (κ2) is 12.4. The Hall–Kier alpha value is -1.69. The molecule has 0 aliphatic heterocycles. The number of hydrogen-bond acceptors (Lipinski definition) is 3. The molecule has 2 amide bonds. The van der Waals surface area contributed by atoms with Crippen LogP contribution < -0.4 is 5.32 Å². The Labute approximate surface area is 199 Å². The number of amides is 2. The van der Waals surface area contributed by atoms with E-state index in [1.165, 1.54) is 11.8 Å². The summed E-state index contributed by atoms with van der Waals surface area (Å²) < 4.78 is 0. The molecule has 2 aromatic carbocycles. The molecule has 0 heterocycles. The monoisotopic (exact) mass is 480 g/mol. The average molecular weight is 481 g/mol. The van der Waals surface area contributed by atoms with E-state index in [-0.39, 0.29) is 23.6 Å². The molecule has 0 bridgehead atoms. The van der Waals surface area contributed by atoms with E-state index in [0.29, 0.717) is 28.8 Å². The third-order valence-corrected chi connectivity index (χ3v) is 6.46. The molecular formula is C24H30Cl2N2O2S. The van der Waals surface area contributed by atoms with Gasteiger partial charge in [0.15, 0.2) is 0 Å². The normalized spacial score (nSPS) is 12.0. The number of thioether (sulfide) groups is 1. The first kappa shape index (κ1) is 25.6. The summed E-state index contributed by atoms with van der Waals surface area (Å²) in [5, 5.41) is 3.97. The third kappa shape index (κ3) is 8.06. The van der Waals surface area contributed by atoms with Crippen LogP contribution in [0, 0.1) is 6.92 Å². The van der Waals surface area contributed by atoms with Gasteiger partial charge >= 0.3 is 0 Å². The molecule has 2 aromatic rings. The summed E-state index contributed by atoms with van der Waals surface area (Å²) in [6.45, 7) is 8.20. The van der Waals surface area contributed by atoms with Crippen LogP contribution in [0.1, 0.15) is 43.9 Å². The summed E-state index contributed by atoms with van der Waals surface area (Å²) in [6.07, 6.45) is 0.549. The van der Waals surface area contributed by atoms with E-state index in [1.807, 2.05) is 58.0 Å². The van der Waals surface area contributed by atoms with Crippen molar-refractivity contribution in [2.75, 3.05) is 5.75 Å². The predicted molar refractivity (Wildman–Crippen MR) is 132 cm³/mol. The van der Waals surface area contributed by atoms with Gasteiger partial charge in [0.1, 0.15) is 6.04 Å². The van der Waals surface area contributed by atoms with Crippen molar-refractivity contribution >= 4 is 46.8 Å². The first-order valence-corrected chi connectivity index (χ1v) is 12.3. The number of hydrogen-bond donors (Lipinski definition) is 1. The number of aryl methyl sites for hydroxylation is 1. The zero-order chi connectivity index (χ0) is 23.0. The average Bonchev–Trinajstić information content (AvgIpc) is 2.70. The van der Waals surface area contributed by atoms with E-state index in [1.54, 1.807) is 11.0 Å². The van der Waals surface area contributed by atoms with Crippen molar-refractivity contribution in [2.24, 2.45) is 0 Å². The van der Waals surface area contributed by atoms with Crippen molar-refractivity contribution < 1.29 is 9.59 Å². The first-order valence-electron chi connectivity index (χ1n) is 10.4. The van der Waals surface area contributed by atoms with Crippen molar-refractivity contribution in [1.29, 1.82) is 0 Å². The van der Waals surface area contributed by atoms with Crippen LogP contribution >= 0.6 is 35.0 Å². The highest BCUT2D eigenvalue weighted by molar-refractivity contribution is 7.99. The Morgan fingerprint density at radius 1 is 1.06 bits per heavy atom. The highest BCUT2D eigenvalue weighted by Gasteiger charge is 2.28. The van der Waals surface area contributed by atoms with Crippen LogP contribution in [-0.2, 0) is 21.9 Å². The Bertz CT molecular complexity index is 905. The first-order chi connectivity index (χ1) is 14.7. The fourth-order valence-corrected chi connectivity index (χ4v) is 4.45. The summed E-state index contributed by atoms with van der Waals surface area (Å²) in [5.41, 5.74) is 3.14. The molecule has 31 heavy (non-hydrogen) atoms. The maximum absolute atomic E-state index is 13.2. The number of nitrogens with zero attached hydrogens (tertiary/aromatic N) is 1. The van der Waals surface area contributed by atoms with Crippen molar-refractivity contribution in [2.45, 2.75) is 58.5 Å². The molecular weight excluding hydrogens is 451 g/mol. The molecule has 0 spiro atoms. The van der Waals surface area contributed by atoms with E-state index >= 15 is 0 Å². The van der Waals surface area contributed by atoms with E-state index < -0.39 is 6.04 Å². The number of carbonyl (C=O) groups excluding carboxylic acids is 2. The Morgan fingerprint density at radius 2 is 1.81 bits per heavy atom. The van der Waals surface area contributed by atoms with Crippen LogP contribution in [0.25, 0.3) is 0 Å². The number of rotatable bonds is 10. The molecule has 0 aromatic heterocycles. The molecule has 2 rings (SSSR count). The molecule has 0 aliphatic rings. The van der Waals surface area contributed by atoms with Crippen molar-refractivity contribution in [1.82, 2.24) is 10.2 Å². The number of halogens is 2. The van der Waals surface area contributed by atoms with Crippen LogP contribution in [0.3, 0.4) is 0 Å². The van der Waals surface area contributed by atoms with Crippen LogP contribution in [0.4, 0.5) is 0 Å². The highest BCUT2D eigenvalue weighted by Crippen LogP contribution is 2.25. The molecule has 1 unspecified atom stereocenters. The largest absolute Gasteiger partial charge is 0.352 e. The molecule has 1 atom stereocenters. The Balaban J connectivity index is 2.13. The summed E-state index contributed by atoms with van der Waals surface area (Å²) >= 11 is 13.6. The second-order valence-corrected chi connectivity index (χ2v) is 9.64. The van der Waals surface area contributed by atoms with Gasteiger partial charge in [0, 0.05) is 18.3 Å². The molecule has 0 aliphatic carbocycles. The Morgan fingerprint density at radius 3 is 2.42 bits per heavy atom. The number of nitrogens with one attached hydrogen (secondary N) is 1. The molecule has 7 heteroatoms. The standard InChI is InChI=1S/C24H30Cl2N2O2S/c1-5-22(24(30)27-16(2)3)28(13-18-8-6-7-17(4)11-18)23(29)15-31-14-19-9-10-20(25)21(26)12-19/h6-12,16,22H,5,13-15H2,1-4H3,(H,27,30).